The summed E-state index contributed by atoms with van der Waals surface area (Å²) in [6, 6.07) is 0. The van der Waals surface area contributed by atoms with Crippen molar-refractivity contribution in [2.75, 3.05) is 26.4 Å². The van der Waals surface area contributed by atoms with Crippen molar-refractivity contribution in [1.29, 1.82) is 0 Å². The minimum absolute atomic E-state index is 0.143. The third-order valence-corrected chi connectivity index (χ3v) is 11.3. The predicted octanol–water partition coefficient (Wildman–Crippen LogP) is 5.93. The Kier molecular flexibility index (Phi) is 32.9. The molecule has 0 aliphatic carbocycles. The van der Waals surface area contributed by atoms with Crippen LogP contribution in [0.3, 0.4) is 0 Å². The van der Waals surface area contributed by atoms with E-state index in [9.17, 15) is 45.3 Å². The Hall–Kier alpha value is -2.54. The van der Waals surface area contributed by atoms with Gasteiger partial charge in [0.25, 0.3) is 0 Å². The van der Waals surface area contributed by atoms with Gasteiger partial charge in [-0.05, 0) is 70.6 Å². The molecule has 0 spiro atoms. The van der Waals surface area contributed by atoms with Gasteiger partial charge in [-0.2, -0.15) is 0 Å². The molecule has 2 fully saturated rings. The zero-order valence-corrected chi connectivity index (χ0v) is 38.8. The van der Waals surface area contributed by atoms with Crippen LogP contribution in [0.15, 0.2) is 48.6 Å². The van der Waals surface area contributed by atoms with E-state index in [1.54, 1.807) is 0 Å². The number of allylic oxidation sites excluding steroid dienone is 8. The summed E-state index contributed by atoms with van der Waals surface area (Å²) in [7, 11) is 0. The summed E-state index contributed by atoms with van der Waals surface area (Å²) < 4.78 is 33.5. The van der Waals surface area contributed by atoms with Crippen LogP contribution < -0.4 is 0 Å². The zero-order valence-electron chi connectivity index (χ0n) is 38.8. The van der Waals surface area contributed by atoms with Gasteiger partial charge in [0.1, 0.15) is 55.4 Å². The number of ether oxygens (including phenoxy) is 6. The number of unbranched alkanes of at least 4 members (excludes halogenated alkanes) is 14. The number of hydrogen-bond acceptors (Lipinski definition) is 15. The van der Waals surface area contributed by atoms with E-state index in [2.05, 4.69) is 62.5 Å². The Labute approximate surface area is 382 Å². The minimum Gasteiger partial charge on any atom is -0.462 e. The van der Waals surface area contributed by atoms with E-state index >= 15 is 0 Å². The lowest BCUT2D eigenvalue weighted by molar-refractivity contribution is -0.332. The first-order chi connectivity index (χ1) is 31.0. The first kappa shape index (κ1) is 57.6. The summed E-state index contributed by atoms with van der Waals surface area (Å²) in [6.07, 6.45) is 21.4. The molecule has 2 aliphatic rings. The van der Waals surface area contributed by atoms with Gasteiger partial charge in [0.15, 0.2) is 18.7 Å². The predicted molar refractivity (Wildman–Crippen MR) is 243 cm³/mol. The fourth-order valence-electron chi connectivity index (χ4n) is 7.28. The molecule has 64 heavy (non-hydrogen) atoms. The molecule has 0 radical (unpaired) electrons. The molecule has 0 amide bonds. The molecule has 0 aromatic rings. The smallest absolute Gasteiger partial charge is 0.306 e. The molecule has 7 N–H and O–H groups in total. The van der Waals surface area contributed by atoms with E-state index < -0.39 is 99.3 Å². The first-order valence-electron chi connectivity index (χ1n) is 24.2. The van der Waals surface area contributed by atoms with Crippen LogP contribution in [0.1, 0.15) is 155 Å². The maximum atomic E-state index is 13.0. The Morgan fingerprint density at radius 3 is 1.56 bits per heavy atom. The molecule has 2 rings (SSSR count). The van der Waals surface area contributed by atoms with Crippen LogP contribution >= 0.6 is 0 Å². The molecular formula is C49H84O15. The lowest BCUT2D eigenvalue weighted by Crippen LogP contribution is -2.61. The normalized spacial score (nSPS) is 27.0. The Balaban J connectivity index is 1.85. The molecule has 15 heteroatoms. The highest BCUT2D eigenvalue weighted by Crippen LogP contribution is 2.26. The van der Waals surface area contributed by atoms with Crippen molar-refractivity contribution >= 4 is 11.9 Å². The number of carbonyl (C=O) groups excluding carboxylic acids is 2. The summed E-state index contributed by atoms with van der Waals surface area (Å²) in [4.78, 5) is 25.7. The van der Waals surface area contributed by atoms with Crippen molar-refractivity contribution in [2.24, 2.45) is 0 Å². The number of esters is 2. The number of aliphatic hydroxyl groups excluding tert-OH is 7. The monoisotopic (exact) mass is 913 g/mol. The summed E-state index contributed by atoms with van der Waals surface area (Å²) in [5, 5.41) is 71.9. The molecule has 370 valence electrons. The number of hydrogen-bond donors (Lipinski definition) is 7. The minimum atomic E-state index is -1.77. The summed E-state index contributed by atoms with van der Waals surface area (Å²) in [5.41, 5.74) is 0. The highest BCUT2D eigenvalue weighted by molar-refractivity contribution is 5.70. The molecule has 0 saturated carbocycles. The molecule has 0 aromatic heterocycles. The number of carbonyl (C=O) groups is 2. The summed E-state index contributed by atoms with van der Waals surface area (Å²) in [5.74, 6) is -0.959. The fraction of sp³-hybridized carbons (Fsp3) is 0.796. The Morgan fingerprint density at radius 2 is 0.984 bits per heavy atom. The molecule has 0 bridgehead atoms. The quantitative estimate of drug-likeness (QED) is 0.0220. The van der Waals surface area contributed by atoms with E-state index in [0.717, 1.165) is 89.9 Å². The van der Waals surface area contributed by atoms with Crippen molar-refractivity contribution in [3.05, 3.63) is 48.6 Å². The van der Waals surface area contributed by atoms with Crippen LogP contribution in [0, 0.1) is 0 Å². The lowest BCUT2D eigenvalue weighted by atomic mass is 9.98. The van der Waals surface area contributed by atoms with Crippen LogP contribution in [-0.4, -0.2) is 142 Å². The molecule has 2 aliphatic heterocycles. The van der Waals surface area contributed by atoms with Gasteiger partial charge >= 0.3 is 11.9 Å². The van der Waals surface area contributed by atoms with Crippen LogP contribution in [0.25, 0.3) is 0 Å². The van der Waals surface area contributed by atoms with Gasteiger partial charge in [-0.1, -0.05) is 120 Å². The van der Waals surface area contributed by atoms with Crippen LogP contribution in [0.2, 0.25) is 0 Å². The van der Waals surface area contributed by atoms with E-state index in [0.29, 0.717) is 12.8 Å². The maximum absolute atomic E-state index is 13.0. The van der Waals surface area contributed by atoms with Gasteiger partial charge in [-0.15, -0.1) is 0 Å². The second-order valence-electron chi connectivity index (χ2n) is 16.9. The third-order valence-electron chi connectivity index (χ3n) is 11.3. The van der Waals surface area contributed by atoms with Crippen molar-refractivity contribution in [1.82, 2.24) is 0 Å². The largest absolute Gasteiger partial charge is 0.462 e. The molecule has 0 aromatic carbocycles. The molecule has 2 saturated heterocycles. The number of aliphatic hydroxyl groups is 7. The van der Waals surface area contributed by atoms with Crippen molar-refractivity contribution < 1.29 is 73.8 Å². The van der Waals surface area contributed by atoms with Gasteiger partial charge in [0.05, 0.1) is 19.8 Å². The maximum Gasteiger partial charge on any atom is 0.306 e. The van der Waals surface area contributed by atoms with Gasteiger partial charge in [0, 0.05) is 12.8 Å². The van der Waals surface area contributed by atoms with Gasteiger partial charge in [-0.25, -0.2) is 0 Å². The molecule has 4 unspecified atom stereocenters. The van der Waals surface area contributed by atoms with Gasteiger partial charge in [0.2, 0.25) is 0 Å². The molecule has 2 heterocycles. The molecular weight excluding hydrogens is 829 g/mol. The standard InChI is InChI=1S/C49H84O15/c1-3-5-7-9-11-13-15-17-18-20-22-24-26-28-30-32-41(52)62-37(34-59-40(51)31-29-27-25-23-21-19-16-14-12-10-8-6-4-2)35-60-48-47(58)45(56)43(54)39(64-48)36-61-49-46(57)44(55)42(53)38(33-50)63-49/h5,7,11,13-14,16-18,37-39,42-50,53-58H,3-4,6,8-10,12,15,19-36H2,1-2H3/b7-5+,13-11+,16-14+,18-17+/t37-,38-,39-,42+,43+,44?,45?,46?,47?,48-,49-/m1/s1. The SMILES string of the molecule is CC/C=C/C/C=C/C/C=C/CCCCCCCC(=O)O[C@H](COC(=O)CCCCCCC/C=C/CCCCCC)CO[C@@H]1O[C@H](CO[C@@H]2O[C@H](CO)[C@H](O)C(O)C2O)[C@H](O)C(O)C1O. The average Bonchev–Trinajstić information content (AvgIpc) is 3.29. The zero-order chi connectivity index (χ0) is 46.8. The Bertz CT molecular complexity index is 1300. The van der Waals surface area contributed by atoms with Crippen LogP contribution in [-0.2, 0) is 38.0 Å². The fourth-order valence-corrected chi connectivity index (χ4v) is 7.28. The second kappa shape index (κ2) is 36.6. The van der Waals surface area contributed by atoms with Crippen LogP contribution in [0.5, 0.6) is 0 Å². The molecule has 15 nitrogen and oxygen atoms in total. The van der Waals surface area contributed by atoms with E-state index in [4.69, 9.17) is 28.4 Å². The van der Waals surface area contributed by atoms with Gasteiger partial charge < -0.3 is 64.2 Å². The van der Waals surface area contributed by atoms with Gasteiger partial charge in [-0.3, -0.25) is 9.59 Å². The highest BCUT2D eigenvalue weighted by Gasteiger charge is 2.47. The van der Waals surface area contributed by atoms with E-state index in [1.807, 2.05) is 0 Å². The summed E-state index contributed by atoms with van der Waals surface area (Å²) >= 11 is 0. The molecule has 11 atom stereocenters. The van der Waals surface area contributed by atoms with Crippen molar-refractivity contribution in [2.45, 2.75) is 223 Å². The highest BCUT2D eigenvalue weighted by atomic mass is 16.7. The van der Waals surface area contributed by atoms with Crippen molar-refractivity contribution in [3.8, 4) is 0 Å². The Morgan fingerprint density at radius 1 is 0.516 bits per heavy atom. The topological polar surface area (TPSA) is 231 Å². The third kappa shape index (κ3) is 24.8. The average molecular weight is 913 g/mol. The second-order valence-corrected chi connectivity index (χ2v) is 16.9. The summed E-state index contributed by atoms with van der Waals surface area (Å²) in [6.45, 7) is 2.41. The first-order valence-corrected chi connectivity index (χ1v) is 24.2. The van der Waals surface area contributed by atoms with E-state index in [-0.39, 0.29) is 19.4 Å². The van der Waals surface area contributed by atoms with Crippen LogP contribution in [0.4, 0.5) is 0 Å². The number of rotatable bonds is 36. The lowest BCUT2D eigenvalue weighted by Gasteiger charge is -2.42. The van der Waals surface area contributed by atoms with Crippen molar-refractivity contribution in [3.63, 3.8) is 0 Å². The van der Waals surface area contributed by atoms with E-state index in [1.165, 1.54) is 25.7 Å².